The number of ketones is 2. The van der Waals surface area contributed by atoms with Crippen molar-refractivity contribution in [2.75, 3.05) is 13.2 Å². The zero-order valence-corrected chi connectivity index (χ0v) is 10.3. The number of cyclic esters (lactones) is 2. The lowest BCUT2D eigenvalue weighted by Crippen LogP contribution is -2.19. The van der Waals surface area contributed by atoms with Crippen molar-refractivity contribution >= 4 is 23.5 Å². The summed E-state index contributed by atoms with van der Waals surface area (Å²) in [6.45, 7) is -0.0746. The second-order valence-corrected chi connectivity index (χ2v) is 4.66. The average Bonchev–Trinajstić information content (AvgIpc) is 2.95. The molecule has 0 aliphatic carbocycles. The van der Waals surface area contributed by atoms with Crippen molar-refractivity contribution in [3.63, 3.8) is 0 Å². The van der Waals surface area contributed by atoms with Gasteiger partial charge in [-0.3, -0.25) is 9.59 Å². The van der Waals surface area contributed by atoms with Crippen LogP contribution in [-0.4, -0.2) is 36.7 Å². The molecule has 6 heteroatoms. The molecular formula is C14H10O6. The van der Waals surface area contributed by atoms with Crippen molar-refractivity contribution in [2.24, 2.45) is 0 Å². The first-order chi connectivity index (χ1) is 9.59. The van der Waals surface area contributed by atoms with E-state index in [4.69, 9.17) is 9.47 Å². The zero-order valence-electron chi connectivity index (χ0n) is 10.3. The van der Waals surface area contributed by atoms with E-state index >= 15 is 0 Å². The molecule has 1 aromatic rings. The highest BCUT2D eigenvalue weighted by Gasteiger charge is 2.41. The van der Waals surface area contributed by atoms with E-state index in [0.717, 1.165) is 0 Å². The number of carbonyl (C=O) groups is 4. The van der Waals surface area contributed by atoms with E-state index in [9.17, 15) is 19.2 Å². The molecule has 2 aliphatic rings. The molecule has 2 saturated heterocycles. The number of carbonyl (C=O) groups excluding carboxylic acids is 4. The van der Waals surface area contributed by atoms with Gasteiger partial charge in [-0.25, -0.2) is 9.59 Å². The van der Waals surface area contributed by atoms with Gasteiger partial charge in [-0.1, -0.05) is 24.3 Å². The first-order valence-corrected chi connectivity index (χ1v) is 6.10. The van der Waals surface area contributed by atoms with Crippen LogP contribution in [0.15, 0.2) is 24.3 Å². The molecule has 0 bridgehead atoms. The van der Waals surface area contributed by atoms with Crippen LogP contribution in [0.25, 0.3) is 0 Å². The summed E-state index contributed by atoms with van der Waals surface area (Å²) in [6.07, 6.45) is 0. The number of benzene rings is 1. The number of hydrogen-bond acceptors (Lipinski definition) is 6. The third kappa shape index (κ3) is 1.80. The van der Waals surface area contributed by atoms with Crippen molar-refractivity contribution in [2.45, 2.75) is 11.8 Å². The van der Waals surface area contributed by atoms with Crippen LogP contribution in [0.1, 0.15) is 23.0 Å². The molecule has 2 aliphatic heterocycles. The van der Waals surface area contributed by atoms with E-state index in [1.165, 1.54) is 0 Å². The highest BCUT2D eigenvalue weighted by Crippen LogP contribution is 2.33. The standard InChI is InChI=1S/C14H10O6/c15-11-9(5-19-13(11)17)7-3-1-2-4-8(7)10-6-20-14(18)12(10)16/h1-4,9-10H,5-6H2. The molecule has 2 fully saturated rings. The summed E-state index contributed by atoms with van der Waals surface area (Å²) < 4.78 is 9.45. The average molecular weight is 274 g/mol. The lowest BCUT2D eigenvalue weighted by Gasteiger charge is -2.14. The summed E-state index contributed by atoms with van der Waals surface area (Å²) in [5.41, 5.74) is 1.08. The predicted molar refractivity (Wildman–Crippen MR) is 63.9 cm³/mol. The van der Waals surface area contributed by atoms with Crippen molar-refractivity contribution < 1.29 is 28.7 Å². The summed E-state index contributed by atoms with van der Waals surface area (Å²) in [4.78, 5) is 45.9. The predicted octanol–water partition coefficient (Wildman–Crippen LogP) is 0.106. The molecule has 2 heterocycles. The van der Waals surface area contributed by atoms with Crippen LogP contribution in [-0.2, 0) is 28.7 Å². The second kappa shape index (κ2) is 4.56. The molecule has 2 unspecified atom stereocenters. The van der Waals surface area contributed by atoms with Crippen LogP contribution in [0.4, 0.5) is 0 Å². The topological polar surface area (TPSA) is 86.7 Å². The molecular weight excluding hydrogens is 264 g/mol. The summed E-state index contributed by atoms with van der Waals surface area (Å²) in [5, 5.41) is 0. The van der Waals surface area contributed by atoms with Gasteiger partial charge in [-0.05, 0) is 11.1 Å². The first kappa shape index (κ1) is 12.5. The first-order valence-electron chi connectivity index (χ1n) is 6.10. The Morgan fingerprint density at radius 1 is 0.750 bits per heavy atom. The van der Waals surface area contributed by atoms with E-state index in [1.807, 2.05) is 0 Å². The van der Waals surface area contributed by atoms with Crippen molar-refractivity contribution in [1.82, 2.24) is 0 Å². The summed E-state index contributed by atoms with van der Waals surface area (Å²) in [6, 6.07) is 6.74. The number of Topliss-reactive ketones (excluding diaryl/α,β-unsaturated/α-hetero) is 2. The second-order valence-electron chi connectivity index (χ2n) is 4.66. The molecule has 3 rings (SSSR count). The van der Waals surface area contributed by atoms with Crippen LogP contribution in [0.2, 0.25) is 0 Å². The number of hydrogen-bond donors (Lipinski definition) is 0. The molecule has 0 spiro atoms. The highest BCUT2D eigenvalue weighted by molar-refractivity contribution is 6.38. The minimum absolute atomic E-state index is 0.0373. The largest absolute Gasteiger partial charge is 0.459 e. The molecule has 0 aromatic heterocycles. The van der Waals surface area contributed by atoms with Gasteiger partial charge >= 0.3 is 11.9 Å². The molecule has 20 heavy (non-hydrogen) atoms. The third-order valence-corrected chi connectivity index (χ3v) is 3.54. The van der Waals surface area contributed by atoms with Gasteiger partial charge in [0, 0.05) is 0 Å². The fraction of sp³-hybridized carbons (Fsp3) is 0.286. The fourth-order valence-corrected chi connectivity index (χ4v) is 2.50. The summed E-state index contributed by atoms with van der Waals surface area (Å²) in [7, 11) is 0. The highest BCUT2D eigenvalue weighted by atomic mass is 16.5. The van der Waals surface area contributed by atoms with Crippen LogP contribution in [0, 0.1) is 0 Å². The van der Waals surface area contributed by atoms with Gasteiger partial charge in [-0.2, -0.15) is 0 Å². The van der Waals surface area contributed by atoms with E-state index in [1.54, 1.807) is 24.3 Å². The van der Waals surface area contributed by atoms with Crippen LogP contribution >= 0.6 is 0 Å². The van der Waals surface area contributed by atoms with Gasteiger partial charge in [0.2, 0.25) is 0 Å². The Morgan fingerprint density at radius 3 is 1.45 bits per heavy atom. The van der Waals surface area contributed by atoms with Crippen LogP contribution in [0.3, 0.4) is 0 Å². The van der Waals surface area contributed by atoms with Crippen LogP contribution in [0.5, 0.6) is 0 Å². The van der Waals surface area contributed by atoms with E-state index in [2.05, 4.69) is 0 Å². The van der Waals surface area contributed by atoms with Gasteiger partial charge in [0.25, 0.3) is 11.6 Å². The Balaban J connectivity index is 2.01. The van der Waals surface area contributed by atoms with E-state index in [-0.39, 0.29) is 13.2 Å². The minimum Gasteiger partial charge on any atom is -0.459 e. The Labute approximate surface area is 113 Å². The Bertz CT molecular complexity index is 577. The zero-order chi connectivity index (χ0) is 14.3. The van der Waals surface area contributed by atoms with Gasteiger partial charge in [0.05, 0.1) is 11.8 Å². The van der Waals surface area contributed by atoms with E-state index in [0.29, 0.717) is 11.1 Å². The number of esters is 2. The molecule has 2 atom stereocenters. The van der Waals surface area contributed by atoms with Gasteiger partial charge < -0.3 is 9.47 Å². The Kier molecular flexibility index (Phi) is 2.85. The maximum Gasteiger partial charge on any atom is 0.375 e. The normalized spacial score (nSPS) is 25.8. The van der Waals surface area contributed by atoms with Crippen LogP contribution < -0.4 is 0 Å². The SMILES string of the molecule is O=C1OCC(c2ccccc2C2COC(=O)C2=O)C1=O. The van der Waals surface area contributed by atoms with Gasteiger partial charge in [0.15, 0.2) is 0 Å². The van der Waals surface area contributed by atoms with Gasteiger partial charge in [0.1, 0.15) is 13.2 Å². The monoisotopic (exact) mass is 274 g/mol. The van der Waals surface area contributed by atoms with Crippen molar-refractivity contribution in [3.05, 3.63) is 35.4 Å². The molecule has 0 N–H and O–H groups in total. The minimum atomic E-state index is -0.866. The molecule has 1 aromatic carbocycles. The third-order valence-electron chi connectivity index (χ3n) is 3.54. The summed E-state index contributed by atoms with van der Waals surface area (Å²) in [5.74, 6) is -4.43. The Hall–Kier alpha value is -2.50. The molecule has 102 valence electrons. The smallest absolute Gasteiger partial charge is 0.375 e. The maximum atomic E-state index is 11.8. The van der Waals surface area contributed by atoms with Crippen molar-refractivity contribution in [3.8, 4) is 0 Å². The molecule has 0 radical (unpaired) electrons. The molecule has 6 nitrogen and oxygen atoms in total. The quantitative estimate of drug-likeness (QED) is 0.561. The number of rotatable bonds is 2. The van der Waals surface area contributed by atoms with E-state index < -0.39 is 35.3 Å². The molecule has 0 amide bonds. The number of ether oxygens (including phenoxy) is 2. The molecule has 0 saturated carbocycles. The Morgan fingerprint density at radius 2 is 1.15 bits per heavy atom. The van der Waals surface area contributed by atoms with Gasteiger partial charge in [-0.15, -0.1) is 0 Å². The van der Waals surface area contributed by atoms with Crippen molar-refractivity contribution in [1.29, 1.82) is 0 Å². The fourth-order valence-electron chi connectivity index (χ4n) is 2.50. The lowest BCUT2D eigenvalue weighted by atomic mass is 9.85. The summed E-state index contributed by atoms with van der Waals surface area (Å²) >= 11 is 0. The lowest BCUT2D eigenvalue weighted by molar-refractivity contribution is -0.147. The maximum absolute atomic E-state index is 11.8.